The second kappa shape index (κ2) is 5.71. The van der Waals surface area contributed by atoms with Crippen LogP contribution in [0.25, 0.3) is 0 Å². The molecule has 4 atom stereocenters. The van der Waals surface area contributed by atoms with Crippen LogP contribution in [0.4, 0.5) is 0 Å². The largest absolute Gasteiger partial charge is 0.459 e. The Hall–Kier alpha value is -1.32. The first-order valence-corrected chi connectivity index (χ1v) is 8.14. The molecule has 2 fully saturated rings. The summed E-state index contributed by atoms with van der Waals surface area (Å²) in [6, 6.07) is 0. The summed E-state index contributed by atoms with van der Waals surface area (Å²) in [6.07, 6.45) is 3.96. The van der Waals surface area contributed by atoms with Crippen molar-refractivity contribution in [3.8, 4) is 0 Å². The molecule has 1 aliphatic carbocycles. The summed E-state index contributed by atoms with van der Waals surface area (Å²) in [5.41, 5.74) is -0.0241. The Labute approximate surface area is 133 Å². The average Bonchev–Trinajstić information content (AvgIpc) is 2.90. The molecule has 0 N–H and O–H groups in total. The molecular weight excluding hydrogens is 280 g/mol. The molecule has 2 rings (SSSR count). The summed E-state index contributed by atoms with van der Waals surface area (Å²) >= 11 is 0. The van der Waals surface area contributed by atoms with Crippen LogP contribution >= 0.6 is 0 Å². The zero-order valence-electron chi connectivity index (χ0n) is 14.6. The monoisotopic (exact) mass is 308 g/mol. The summed E-state index contributed by atoms with van der Waals surface area (Å²) in [5.74, 6) is -0.681. The third-order valence-corrected chi connectivity index (χ3v) is 5.19. The number of carbonyl (C=O) groups is 2. The smallest absolute Gasteiger partial charge is 0.348 e. The Bertz CT molecular complexity index is 496. The SMILES string of the molecule is CC(C)=CC(C)(C(=O)OC1C(=O)OC2CCCC21)C(C)(C)C. The van der Waals surface area contributed by atoms with Crippen LogP contribution in [0.15, 0.2) is 11.6 Å². The van der Waals surface area contributed by atoms with Crippen LogP contribution in [0.5, 0.6) is 0 Å². The van der Waals surface area contributed by atoms with Gasteiger partial charge in [-0.2, -0.15) is 0 Å². The van der Waals surface area contributed by atoms with Crippen molar-refractivity contribution < 1.29 is 19.1 Å². The quantitative estimate of drug-likeness (QED) is 0.590. The molecule has 0 radical (unpaired) electrons. The van der Waals surface area contributed by atoms with Crippen molar-refractivity contribution >= 4 is 11.9 Å². The molecule has 0 aromatic heterocycles. The number of hydrogen-bond acceptors (Lipinski definition) is 4. The second-order valence-corrected chi connectivity index (χ2v) is 8.07. The van der Waals surface area contributed by atoms with E-state index in [1.54, 1.807) is 0 Å². The summed E-state index contributed by atoms with van der Waals surface area (Å²) in [6.45, 7) is 11.9. The van der Waals surface area contributed by atoms with Crippen molar-refractivity contribution in [1.82, 2.24) is 0 Å². The van der Waals surface area contributed by atoms with Gasteiger partial charge in [-0.25, -0.2) is 4.79 Å². The van der Waals surface area contributed by atoms with Gasteiger partial charge in [-0.1, -0.05) is 32.4 Å². The molecule has 4 nitrogen and oxygen atoms in total. The van der Waals surface area contributed by atoms with E-state index < -0.39 is 11.5 Å². The number of fused-ring (bicyclic) bond motifs is 1. The van der Waals surface area contributed by atoms with E-state index in [4.69, 9.17) is 9.47 Å². The van der Waals surface area contributed by atoms with E-state index in [0.717, 1.165) is 24.8 Å². The normalized spacial score (nSPS) is 30.3. The van der Waals surface area contributed by atoms with Crippen molar-refractivity contribution in [3.05, 3.63) is 11.6 Å². The number of esters is 2. The molecule has 1 heterocycles. The van der Waals surface area contributed by atoms with Crippen LogP contribution in [-0.4, -0.2) is 24.1 Å². The highest BCUT2D eigenvalue weighted by Crippen LogP contribution is 2.44. The van der Waals surface area contributed by atoms with Gasteiger partial charge < -0.3 is 9.47 Å². The first-order chi connectivity index (χ1) is 10.1. The lowest BCUT2D eigenvalue weighted by Gasteiger charge is -2.38. The minimum Gasteiger partial charge on any atom is -0.459 e. The highest BCUT2D eigenvalue weighted by Gasteiger charge is 2.52. The Kier molecular flexibility index (Phi) is 4.42. The van der Waals surface area contributed by atoms with Gasteiger partial charge >= 0.3 is 11.9 Å². The molecule has 1 saturated carbocycles. The Morgan fingerprint density at radius 3 is 2.41 bits per heavy atom. The molecule has 22 heavy (non-hydrogen) atoms. The van der Waals surface area contributed by atoms with Gasteiger partial charge in [-0.3, -0.25) is 4.79 Å². The van der Waals surface area contributed by atoms with Crippen LogP contribution in [-0.2, 0) is 19.1 Å². The standard InChI is InChI=1S/C18H28O4/c1-11(2)10-18(6,17(3,4)5)16(20)22-14-12-8-7-9-13(12)21-15(14)19/h10,12-14H,7-9H2,1-6H3. The van der Waals surface area contributed by atoms with Gasteiger partial charge in [0.15, 0.2) is 0 Å². The number of carbonyl (C=O) groups excluding carboxylic acids is 2. The third kappa shape index (κ3) is 2.92. The molecule has 0 spiro atoms. The van der Waals surface area contributed by atoms with Gasteiger partial charge in [-0.15, -0.1) is 0 Å². The molecule has 0 bridgehead atoms. The minimum absolute atomic E-state index is 0.0346. The lowest BCUT2D eigenvalue weighted by atomic mass is 9.67. The molecule has 4 unspecified atom stereocenters. The van der Waals surface area contributed by atoms with Gasteiger partial charge in [0.1, 0.15) is 6.10 Å². The predicted molar refractivity (Wildman–Crippen MR) is 84.1 cm³/mol. The molecular formula is C18H28O4. The number of hydrogen-bond donors (Lipinski definition) is 0. The zero-order chi connectivity index (χ0) is 16.7. The molecule has 1 saturated heterocycles. The molecule has 0 amide bonds. The Balaban J connectivity index is 2.22. The van der Waals surface area contributed by atoms with E-state index in [-0.39, 0.29) is 29.4 Å². The number of rotatable bonds is 3. The average molecular weight is 308 g/mol. The Morgan fingerprint density at radius 2 is 1.86 bits per heavy atom. The van der Waals surface area contributed by atoms with Crippen LogP contribution in [0, 0.1) is 16.7 Å². The summed E-state index contributed by atoms with van der Waals surface area (Å²) in [4.78, 5) is 24.9. The van der Waals surface area contributed by atoms with E-state index >= 15 is 0 Å². The maximum atomic E-state index is 12.9. The second-order valence-electron chi connectivity index (χ2n) is 8.07. The molecule has 1 aliphatic heterocycles. The fourth-order valence-electron chi connectivity index (χ4n) is 3.37. The lowest BCUT2D eigenvalue weighted by molar-refractivity contribution is -0.171. The Morgan fingerprint density at radius 1 is 1.23 bits per heavy atom. The van der Waals surface area contributed by atoms with Gasteiger partial charge in [-0.05, 0) is 45.4 Å². The topological polar surface area (TPSA) is 52.6 Å². The van der Waals surface area contributed by atoms with E-state index in [1.165, 1.54) is 0 Å². The van der Waals surface area contributed by atoms with E-state index in [1.807, 2.05) is 47.6 Å². The summed E-state index contributed by atoms with van der Waals surface area (Å²) < 4.78 is 11.0. The molecule has 2 aliphatic rings. The fourth-order valence-corrected chi connectivity index (χ4v) is 3.37. The summed E-state index contributed by atoms with van der Waals surface area (Å²) in [5, 5.41) is 0. The first kappa shape index (κ1) is 17.0. The molecule has 124 valence electrons. The van der Waals surface area contributed by atoms with Gasteiger partial charge in [0.05, 0.1) is 5.41 Å². The van der Waals surface area contributed by atoms with Gasteiger partial charge in [0, 0.05) is 5.92 Å². The third-order valence-electron chi connectivity index (χ3n) is 5.19. The van der Waals surface area contributed by atoms with Crippen LogP contribution in [0.2, 0.25) is 0 Å². The molecule has 0 aromatic carbocycles. The van der Waals surface area contributed by atoms with Crippen molar-refractivity contribution in [1.29, 1.82) is 0 Å². The van der Waals surface area contributed by atoms with Crippen molar-refractivity contribution in [3.63, 3.8) is 0 Å². The highest BCUT2D eigenvalue weighted by molar-refractivity contribution is 5.85. The van der Waals surface area contributed by atoms with E-state index in [9.17, 15) is 9.59 Å². The van der Waals surface area contributed by atoms with E-state index in [0.29, 0.717) is 0 Å². The highest BCUT2D eigenvalue weighted by atomic mass is 16.6. The molecule has 0 aromatic rings. The number of allylic oxidation sites excluding steroid dienone is 1. The number of ether oxygens (including phenoxy) is 2. The van der Waals surface area contributed by atoms with Gasteiger partial charge in [0.25, 0.3) is 0 Å². The minimum atomic E-state index is -0.775. The first-order valence-electron chi connectivity index (χ1n) is 8.14. The lowest BCUT2D eigenvalue weighted by Crippen LogP contribution is -2.43. The molecule has 4 heteroatoms. The summed E-state index contributed by atoms with van der Waals surface area (Å²) in [7, 11) is 0. The van der Waals surface area contributed by atoms with E-state index in [2.05, 4.69) is 0 Å². The van der Waals surface area contributed by atoms with Gasteiger partial charge in [0.2, 0.25) is 6.10 Å². The van der Waals surface area contributed by atoms with Crippen LogP contribution < -0.4 is 0 Å². The van der Waals surface area contributed by atoms with Crippen LogP contribution in [0.3, 0.4) is 0 Å². The van der Waals surface area contributed by atoms with Crippen molar-refractivity contribution in [2.45, 2.75) is 73.0 Å². The maximum Gasteiger partial charge on any atom is 0.348 e. The zero-order valence-corrected chi connectivity index (χ0v) is 14.6. The van der Waals surface area contributed by atoms with Crippen molar-refractivity contribution in [2.75, 3.05) is 0 Å². The fraction of sp³-hybridized carbons (Fsp3) is 0.778. The van der Waals surface area contributed by atoms with Crippen LogP contribution in [0.1, 0.15) is 60.8 Å². The maximum absolute atomic E-state index is 12.9. The predicted octanol–water partition coefficient (Wildman–Crippen LogP) is 3.64. The van der Waals surface area contributed by atoms with Crippen molar-refractivity contribution in [2.24, 2.45) is 16.7 Å².